The van der Waals surface area contributed by atoms with E-state index < -0.39 is 12.0 Å². The summed E-state index contributed by atoms with van der Waals surface area (Å²) in [6.45, 7) is 4.31. The fraction of sp³-hybridized carbons (Fsp3) is 0.846. The highest BCUT2D eigenvalue weighted by atomic mass is 16.5. The van der Waals surface area contributed by atoms with E-state index in [-0.39, 0.29) is 17.7 Å². The Labute approximate surface area is 113 Å². The predicted molar refractivity (Wildman–Crippen MR) is 68.9 cm³/mol. The number of likely N-dealkylation sites (tertiary alicyclic amines) is 1. The van der Waals surface area contributed by atoms with E-state index in [1.54, 1.807) is 7.11 Å². The topological polar surface area (TPSA) is 78.9 Å². The first-order chi connectivity index (χ1) is 8.85. The van der Waals surface area contributed by atoms with E-state index in [0.717, 1.165) is 12.8 Å². The van der Waals surface area contributed by atoms with Crippen molar-refractivity contribution in [2.45, 2.75) is 50.8 Å². The molecule has 1 saturated heterocycles. The van der Waals surface area contributed by atoms with Crippen molar-refractivity contribution < 1.29 is 19.4 Å². The minimum atomic E-state index is -0.973. The average Bonchev–Trinajstić information content (AvgIpc) is 3.08. The molecule has 2 N–H and O–H groups in total. The van der Waals surface area contributed by atoms with Crippen LogP contribution in [0.1, 0.15) is 33.1 Å². The molecule has 2 amide bonds. The molecule has 19 heavy (non-hydrogen) atoms. The number of carboxylic acid groups (broad SMARTS) is 1. The SMILES string of the molecule is COC1CC(C(=O)O)N(C(=O)NC(C)(C)C2CC2)C1. The molecule has 2 atom stereocenters. The number of nitrogens with one attached hydrogen (secondary N) is 1. The molecule has 2 rings (SSSR count). The van der Waals surface area contributed by atoms with Crippen LogP contribution in [0.5, 0.6) is 0 Å². The Kier molecular flexibility index (Phi) is 3.71. The van der Waals surface area contributed by atoms with E-state index in [4.69, 9.17) is 4.74 Å². The van der Waals surface area contributed by atoms with Gasteiger partial charge in [-0.3, -0.25) is 0 Å². The summed E-state index contributed by atoms with van der Waals surface area (Å²) in [6.07, 6.45) is 2.39. The first-order valence-corrected chi connectivity index (χ1v) is 6.69. The maximum atomic E-state index is 12.3. The molecule has 2 unspecified atom stereocenters. The quantitative estimate of drug-likeness (QED) is 0.800. The number of carbonyl (C=O) groups excluding carboxylic acids is 1. The van der Waals surface area contributed by atoms with Crippen molar-refractivity contribution in [3.8, 4) is 0 Å². The van der Waals surface area contributed by atoms with Gasteiger partial charge in [-0.05, 0) is 32.6 Å². The zero-order valence-corrected chi connectivity index (χ0v) is 11.7. The number of rotatable bonds is 4. The summed E-state index contributed by atoms with van der Waals surface area (Å²) >= 11 is 0. The summed E-state index contributed by atoms with van der Waals surface area (Å²) in [5.74, 6) is -0.473. The second-order valence-electron chi connectivity index (χ2n) is 6.03. The number of aliphatic carboxylic acids is 1. The highest BCUT2D eigenvalue weighted by molar-refractivity contribution is 5.83. The Morgan fingerprint density at radius 2 is 2.00 bits per heavy atom. The van der Waals surface area contributed by atoms with Crippen molar-refractivity contribution in [2.24, 2.45) is 5.92 Å². The van der Waals surface area contributed by atoms with E-state index in [2.05, 4.69) is 5.32 Å². The number of hydrogen-bond donors (Lipinski definition) is 2. The standard InChI is InChI=1S/C13H22N2O4/c1-13(2,8-4-5-8)14-12(18)15-7-9(19-3)6-10(15)11(16)17/h8-10H,4-7H2,1-3H3,(H,14,18)(H,16,17). The molecule has 0 aromatic rings. The van der Waals surface area contributed by atoms with Crippen molar-refractivity contribution in [3.05, 3.63) is 0 Å². The Morgan fingerprint density at radius 1 is 1.37 bits per heavy atom. The number of amides is 2. The molecule has 1 heterocycles. The van der Waals surface area contributed by atoms with Gasteiger partial charge in [-0.25, -0.2) is 9.59 Å². The molecular formula is C13H22N2O4. The van der Waals surface area contributed by atoms with Crippen LogP contribution in [0.3, 0.4) is 0 Å². The lowest BCUT2D eigenvalue weighted by Gasteiger charge is -2.30. The van der Waals surface area contributed by atoms with Crippen LogP contribution in [-0.4, -0.2) is 53.3 Å². The summed E-state index contributed by atoms with van der Waals surface area (Å²) in [7, 11) is 1.54. The number of hydrogen-bond acceptors (Lipinski definition) is 3. The molecule has 6 nitrogen and oxygen atoms in total. The van der Waals surface area contributed by atoms with Crippen molar-refractivity contribution in [3.63, 3.8) is 0 Å². The van der Waals surface area contributed by atoms with Gasteiger partial charge in [-0.1, -0.05) is 0 Å². The molecule has 2 fully saturated rings. The molecule has 6 heteroatoms. The molecule has 0 aromatic carbocycles. The number of carboxylic acids is 1. The fourth-order valence-electron chi connectivity index (χ4n) is 2.68. The monoisotopic (exact) mass is 270 g/mol. The molecule has 1 aliphatic heterocycles. The fourth-order valence-corrected chi connectivity index (χ4v) is 2.68. The van der Waals surface area contributed by atoms with Crippen molar-refractivity contribution in [1.82, 2.24) is 10.2 Å². The summed E-state index contributed by atoms with van der Waals surface area (Å²) < 4.78 is 5.18. The van der Waals surface area contributed by atoms with Crippen molar-refractivity contribution in [2.75, 3.05) is 13.7 Å². The van der Waals surface area contributed by atoms with Gasteiger partial charge in [-0.15, -0.1) is 0 Å². The van der Waals surface area contributed by atoms with Crippen LogP contribution >= 0.6 is 0 Å². The van der Waals surface area contributed by atoms with E-state index in [0.29, 0.717) is 18.9 Å². The minimum absolute atomic E-state index is 0.198. The largest absolute Gasteiger partial charge is 0.480 e. The zero-order chi connectivity index (χ0) is 14.2. The van der Waals surface area contributed by atoms with Crippen molar-refractivity contribution in [1.29, 1.82) is 0 Å². The number of urea groups is 1. The third-order valence-corrected chi connectivity index (χ3v) is 4.17. The Balaban J connectivity index is 2.02. The first-order valence-electron chi connectivity index (χ1n) is 6.69. The minimum Gasteiger partial charge on any atom is -0.480 e. The molecule has 0 spiro atoms. The smallest absolute Gasteiger partial charge is 0.326 e. The summed E-state index contributed by atoms with van der Waals surface area (Å²) in [6, 6.07) is -1.09. The lowest BCUT2D eigenvalue weighted by atomic mass is 9.99. The van der Waals surface area contributed by atoms with Gasteiger partial charge in [0.25, 0.3) is 0 Å². The highest BCUT2D eigenvalue weighted by Crippen LogP contribution is 2.39. The van der Waals surface area contributed by atoms with Crippen LogP contribution in [-0.2, 0) is 9.53 Å². The Morgan fingerprint density at radius 3 is 2.47 bits per heavy atom. The lowest BCUT2D eigenvalue weighted by molar-refractivity contribution is -0.141. The highest BCUT2D eigenvalue weighted by Gasteiger charge is 2.44. The van der Waals surface area contributed by atoms with Gasteiger partial charge >= 0.3 is 12.0 Å². The van der Waals surface area contributed by atoms with E-state index >= 15 is 0 Å². The zero-order valence-electron chi connectivity index (χ0n) is 11.7. The van der Waals surface area contributed by atoms with E-state index in [1.165, 1.54) is 4.90 Å². The lowest BCUT2D eigenvalue weighted by Crippen LogP contribution is -2.53. The van der Waals surface area contributed by atoms with Gasteiger partial charge in [-0.2, -0.15) is 0 Å². The molecular weight excluding hydrogens is 248 g/mol. The molecule has 1 aliphatic carbocycles. The van der Waals surface area contributed by atoms with Gasteiger partial charge in [0.05, 0.1) is 6.10 Å². The molecule has 0 radical (unpaired) electrons. The Hall–Kier alpha value is -1.30. The summed E-state index contributed by atoms with van der Waals surface area (Å²) in [5, 5.41) is 12.1. The van der Waals surface area contributed by atoms with Crippen LogP contribution in [0, 0.1) is 5.92 Å². The second-order valence-corrected chi connectivity index (χ2v) is 6.03. The number of ether oxygens (including phenoxy) is 1. The van der Waals surface area contributed by atoms with Gasteiger partial charge in [0.15, 0.2) is 0 Å². The van der Waals surface area contributed by atoms with E-state index in [9.17, 15) is 14.7 Å². The predicted octanol–water partition coefficient (Wildman–Crippen LogP) is 1.06. The third kappa shape index (κ3) is 3.00. The summed E-state index contributed by atoms with van der Waals surface area (Å²) in [5.41, 5.74) is -0.273. The third-order valence-electron chi connectivity index (χ3n) is 4.17. The molecule has 1 saturated carbocycles. The molecule has 0 bridgehead atoms. The first kappa shape index (κ1) is 14.1. The number of nitrogens with zero attached hydrogens (tertiary/aromatic N) is 1. The maximum Gasteiger partial charge on any atom is 0.326 e. The van der Waals surface area contributed by atoms with Crippen LogP contribution in [0.2, 0.25) is 0 Å². The second kappa shape index (κ2) is 5.00. The molecule has 2 aliphatic rings. The van der Waals surface area contributed by atoms with Gasteiger partial charge in [0, 0.05) is 25.6 Å². The van der Waals surface area contributed by atoms with Crippen LogP contribution in [0.4, 0.5) is 4.79 Å². The number of carbonyl (C=O) groups is 2. The Bertz CT molecular complexity index is 379. The van der Waals surface area contributed by atoms with Crippen LogP contribution in [0.25, 0.3) is 0 Å². The normalized spacial score (nSPS) is 27.4. The molecule has 0 aromatic heterocycles. The number of methoxy groups -OCH3 is 1. The van der Waals surface area contributed by atoms with Gasteiger partial charge in [0.2, 0.25) is 0 Å². The van der Waals surface area contributed by atoms with Crippen LogP contribution in [0.15, 0.2) is 0 Å². The van der Waals surface area contributed by atoms with Gasteiger partial charge in [0.1, 0.15) is 6.04 Å². The van der Waals surface area contributed by atoms with E-state index in [1.807, 2.05) is 13.8 Å². The van der Waals surface area contributed by atoms with Crippen molar-refractivity contribution >= 4 is 12.0 Å². The maximum absolute atomic E-state index is 12.3. The summed E-state index contributed by atoms with van der Waals surface area (Å²) in [4.78, 5) is 24.9. The van der Waals surface area contributed by atoms with Gasteiger partial charge < -0.3 is 20.1 Å². The average molecular weight is 270 g/mol. The van der Waals surface area contributed by atoms with Crippen LogP contribution < -0.4 is 5.32 Å². The molecule has 108 valence electrons.